The van der Waals surface area contributed by atoms with Crippen LogP contribution in [0.2, 0.25) is 0 Å². The standard InChI is InChI=1S/C29H40N2O6/c1-2-3-4-5-6-7-12-28(32)31(20-25-11-9-16-35-25)21-29(33)30(19-24-10-8-15-34-24)18-23-13-14-26-27(17-23)37-22-36-26/h8,10,13-15,17,25H,2-7,9,11-12,16,18-22H2,1H3. The zero-order valence-corrected chi connectivity index (χ0v) is 22.0. The lowest BCUT2D eigenvalue weighted by atomic mass is 10.1. The number of fused-ring (bicyclic) bond motifs is 1. The number of benzene rings is 1. The molecule has 1 aromatic carbocycles. The largest absolute Gasteiger partial charge is 0.467 e. The Labute approximate surface area is 219 Å². The normalized spacial score (nSPS) is 16.2. The van der Waals surface area contributed by atoms with Crippen LogP contribution in [0.3, 0.4) is 0 Å². The highest BCUT2D eigenvalue weighted by atomic mass is 16.7. The van der Waals surface area contributed by atoms with Crippen molar-refractivity contribution in [3.8, 4) is 11.5 Å². The molecule has 8 nitrogen and oxygen atoms in total. The second-order valence-electron chi connectivity index (χ2n) is 9.94. The molecule has 4 rings (SSSR count). The van der Waals surface area contributed by atoms with Gasteiger partial charge in [0.15, 0.2) is 11.5 Å². The Balaban J connectivity index is 1.41. The molecule has 0 saturated carbocycles. The number of carbonyl (C=O) groups excluding carboxylic acids is 2. The molecule has 3 heterocycles. The number of ether oxygens (including phenoxy) is 3. The smallest absolute Gasteiger partial charge is 0.242 e. The number of hydrogen-bond acceptors (Lipinski definition) is 6. The molecular weight excluding hydrogens is 472 g/mol. The van der Waals surface area contributed by atoms with Crippen molar-refractivity contribution < 1.29 is 28.2 Å². The maximum atomic E-state index is 13.6. The molecule has 0 radical (unpaired) electrons. The van der Waals surface area contributed by atoms with Gasteiger partial charge < -0.3 is 28.4 Å². The van der Waals surface area contributed by atoms with Gasteiger partial charge in [-0.15, -0.1) is 0 Å². The molecule has 0 N–H and O–H groups in total. The van der Waals surface area contributed by atoms with Gasteiger partial charge in [0.2, 0.25) is 18.6 Å². The van der Waals surface area contributed by atoms with Gasteiger partial charge in [0.25, 0.3) is 0 Å². The quantitative estimate of drug-likeness (QED) is 0.302. The first-order valence-corrected chi connectivity index (χ1v) is 13.7. The van der Waals surface area contributed by atoms with Gasteiger partial charge >= 0.3 is 0 Å². The summed E-state index contributed by atoms with van der Waals surface area (Å²) in [7, 11) is 0. The number of nitrogens with zero attached hydrogens (tertiary/aromatic N) is 2. The highest BCUT2D eigenvalue weighted by molar-refractivity contribution is 5.85. The fourth-order valence-corrected chi connectivity index (χ4v) is 4.85. The summed E-state index contributed by atoms with van der Waals surface area (Å²) in [6.45, 7) is 4.29. The minimum atomic E-state index is -0.122. The third-order valence-electron chi connectivity index (χ3n) is 6.96. The van der Waals surface area contributed by atoms with E-state index in [0.717, 1.165) is 37.7 Å². The van der Waals surface area contributed by atoms with Crippen molar-refractivity contribution in [1.29, 1.82) is 0 Å². The van der Waals surface area contributed by atoms with Crippen molar-refractivity contribution >= 4 is 11.8 Å². The van der Waals surface area contributed by atoms with Crippen LogP contribution >= 0.6 is 0 Å². The molecule has 1 aromatic heterocycles. The van der Waals surface area contributed by atoms with Gasteiger partial charge in [-0.2, -0.15) is 0 Å². The number of furan rings is 1. The molecule has 2 aromatic rings. The molecule has 0 aliphatic carbocycles. The van der Waals surface area contributed by atoms with Gasteiger partial charge in [0.1, 0.15) is 5.76 Å². The van der Waals surface area contributed by atoms with Crippen LogP contribution in [-0.4, -0.2) is 54.2 Å². The van der Waals surface area contributed by atoms with Gasteiger partial charge in [0, 0.05) is 26.1 Å². The number of carbonyl (C=O) groups is 2. The summed E-state index contributed by atoms with van der Waals surface area (Å²) in [5.41, 5.74) is 0.924. The Hall–Kier alpha value is -3.00. The van der Waals surface area contributed by atoms with Crippen LogP contribution in [0.5, 0.6) is 11.5 Å². The predicted octanol–water partition coefficient (Wildman–Crippen LogP) is 5.30. The third kappa shape index (κ3) is 8.25. The molecule has 2 aliphatic heterocycles. The molecule has 0 bridgehead atoms. The van der Waals surface area contributed by atoms with Crippen LogP contribution in [0.4, 0.5) is 0 Å². The lowest BCUT2D eigenvalue weighted by Crippen LogP contribution is -2.45. The molecule has 1 unspecified atom stereocenters. The van der Waals surface area contributed by atoms with E-state index in [1.54, 1.807) is 16.1 Å². The molecular formula is C29H40N2O6. The Morgan fingerprint density at radius 1 is 0.946 bits per heavy atom. The molecule has 1 atom stereocenters. The van der Waals surface area contributed by atoms with Crippen molar-refractivity contribution in [2.45, 2.75) is 83.9 Å². The van der Waals surface area contributed by atoms with Crippen molar-refractivity contribution in [1.82, 2.24) is 9.80 Å². The molecule has 2 amide bonds. The Morgan fingerprint density at radius 3 is 2.57 bits per heavy atom. The molecule has 1 fully saturated rings. The van der Waals surface area contributed by atoms with Crippen LogP contribution in [0.15, 0.2) is 41.0 Å². The molecule has 202 valence electrons. The lowest BCUT2D eigenvalue weighted by molar-refractivity contribution is -0.142. The summed E-state index contributed by atoms with van der Waals surface area (Å²) in [5.74, 6) is 1.98. The van der Waals surface area contributed by atoms with Crippen LogP contribution in [0.1, 0.15) is 76.0 Å². The Bertz CT molecular complexity index is 986. The van der Waals surface area contributed by atoms with Crippen molar-refractivity contribution in [2.75, 3.05) is 26.5 Å². The number of unbranched alkanes of at least 4 members (excludes halogenated alkanes) is 5. The maximum absolute atomic E-state index is 13.6. The van der Waals surface area contributed by atoms with Gasteiger partial charge in [-0.25, -0.2) is 0 Å². The van der Waals surface area contributed by atoms with E-state index in [1.165, 1.54) is 19.3 Å². The van der Waals surface area contributed by atoms with Gasteiger partial charge in [-0.3, -0.25) is 9.59 Å². The molecule has 0 spiro atoms. The van der Waals surface area contributed by atoms with Crippen molar-refractivity contribution in [3.05, 3.63) is 47.9 Å². The first-order valence-electron chi connectivity index (χ1n) is 13.7. The first-order chi connectivity index (χ1) is 18.1. The monoisotopic (exact) mass is 512 g/mol. The van der Waals surface area contributed by atoms with E-state index in [1.807, 2.05) is 30.3 Å². The topological polar surface area (TPSA) is 81.5 Å². The van der Waals surface area contributed by atoms with Crippen LogP contribution in [0.25, 0.3) is 0 Å². The van der Waals surface area contributed by atoms with E-state index < -0.39 is 0 Å². The zero-order valence-electron chi connectivity index (χ0n) is 22.0. The molecule has 1 saturated heterocycles. The number of amides is 2. The van der Waals surface area contributed by atoms with E-state index in [0.29, 0.717) is 49.9 Å². The van der Waals surface area contributed by atoms with Gasteiger partial charge in [-0.1, -0.05) is 45.1 Å². The highest BCUT2D eigenvalue weighted by Gasteiger charge is 2.27. The second kappa shape index (κ2) is 14.1. The third-order valence-corrected chi connectivity index (χ3v) is 6.96. The van der Waals surface area contributed by atoms with Crippen LogP contribution in [-0.2, 0) is 27.4 Å². The van der Waals surface area contributed by atoms with Gasteiger partial charge in [-0.05, 0) is 49.1 Å². The van der Waals surface area contributed by atoms with E-state index in [-0.39, 0.29) is 31.3 Å². The number of hydrogen-bond donors (Lipinski definition) is 0. The fraction of sp³-hybridized carbons (Fsp3) is 0.586. The summed E-state index contributed by atoms with van der Waals surface area (Å²) in [5, 5.41) is 0. The SMILES string of the molecule is CCCCCCCCC(=O)N(CC(=O)N(Cc1ccc2c(c1)OCO2)Cc1ccco1)CC1CCCO1. The Kier molecular flexibility index (Phi) is 10.3. The summed E-state index contributed by atoms with van der Waals surface area (Å²) in [6.07, 6.45) is 10.7. The fourth-order valence-electron chi connectivity index (χ4n) is 4.85. The maximum Gasteiger partial charge on any atom is 0.242 e. The van der Waals surface area contributed by atoms with Crippen molar-refractivity contribution in [2.24, 2.45) is 0 Å². The summed E-state index contributed by atoms with van der Waals surface area (Å²) >= 11 is 0. The summed E-state index contributed by atoms with van der Waals surface area (Å²) < 4.78 is 22.3. The second-order valence-corrected chi connectivity index (χ2v) is 9.94. The van der Waals surface area contributed by atoms with Crippen LogP contribution < -0.4 is 9.47 Å². The average molecular weight is 513 g/mol. The van der Waals surface area contributed by atoms with Gasteiger partial charge in [0.05, 0.1) is 25.5 Å². The minimum Gasteiger partial charge on any atom is -0.467 e. The minimum absolute atomic E-state index is 0.00584. The number of rotatable bonds is 15. The van der Waals surface area contributed by atoms with E-state index in [9.17, 15) is 9.59 Å². The van der Waals surface area contributed by atoms with E-state index in [4.69, 9.17) is 18.6 Å². The Morgan fingerprint density at radius 2 is 1.78 bits per heavy atom. The van der Waals surface area contributed by atoms with Crippen LogP contribution in [0, 0.1) is 0 Å². The summed E-state index contributed by atoms with van der Waals surface area (Å²) in [4.78, 5) is 30.3. The molecule has 37 heavy (non-hydrogen) atoms. The first kappa shape index (κ1) is 27.0. The molecule has 2 aliphatic rings. The van der Waals surface area contributed by atoms with E-state index >= 15 is 0 Å². The van der Waals surface area contributed by atoms with Crippen molar-refractivity contribution in [3.63, 3.8) is 0 Å². The summed E-state index contributed by atoms with van der Waals surface area (Å²) in [6, 6.07) is 9.36. The predicted molar refractivity (Wildman–Crippen MR) is 139 cm³/mol. The average Bonchev–Trinajstić information content (AvgIpc) is 3.68. The zero-order chi connectivity index (χ0) is 25.9. The molecule has 8 heteroatoms. The lowest BCUT2D eigenvalue weighted by Gasteiger charge is -2.29. The highest BCUT2D eigenvalue weighted by Crippen LogP contribution is 2.33. The van der Waals surface area contributed by atoms with E-state index in [2.05, 4.69) is 6.92 Å².